The number of rotatable bonds is 7. The standard InChI is InChI=1S/C19H30N2O3/c1-3-14-6-5-7-15(9-8-14)21-18-12-16(10-11-17(18)20)24-13-19(22)23-4-2/h10-12,14-15,21H,3-9,13,20H2,1-2H3. The SMILES string of the molecule is CCOC(=O)COc1ccc(N)c(NC2CCCC(CC)CC2)c1. The van der Waals surface area contributed by atoms with Gasteiger partial charge in [-0.25, -0.2) is 4.79 Å². The van der Waals surface area contributed by atoms with Gasteiger partial charge in [0.1, 0.15) is 5.75 Å². The number of esters is 1. The van der Waals surface area contributed by atoms with Gasteiger partial charge in [0.2, 0.25) is 0 Å². The molecular formula is C19H30N2O3. The number of nitrogen functional groups attached to an aromatic ring is 1. The van der Waals surface area contributed by atoms with Crippen LogP contribution in [0.25, 0.3) is 0 Å². The smallest absolute Gasteiger partial charge is 0.344 e. The van der Waals surface area contributed by atoms with E-state index in [2.05, 4.69) is 12.2 Å². The number of carbonyl (C=O) groups is 1. The van der Waals surface area contributed by atoms with E-state index >= 15 is 0 Å². The molecule has 5 heteroatoms. The summed E-state index contributed by atoms with van der Waals surface area (Å²) in [5.74, 6) is 1.12. The summed E-state index contributed by atoms with van der Waals surface area (Å²) in [4.78, 5) is 11.4. The van der Waals surface area contributed by atoms with Crippen LogP contribution < -0.4 is 15.8 Å². The largest absolute Gasteiger partial charge is 0.482 e. The van der Waals surface area contributed by atoms with E-state index < -0.39 is 0 Å². The minimum absolute atomic E-state index is 0.0845. The number of anilines is 2. The van der Waals surface area contributed by atoms with E-state index in [0.29, 0.717) is 24.1 Å². The molecule has 1 aliphatic carbocycles. The summed E-state index contributed by atoms with van der Waals surface area (Å²) < 4.78 is 10.4. The van der Waals surface area contributed by atoms with Crippen molar-refractivity contribution in [1.29, 1.82) is 0 Å². The van der Waals surface area contributed by atoms with Crippen molar-refractivity contribution in [1.82, 2.24) is 0 Å². The number of nitrogens with one attached hydrogen (secondary N) is 1. The van der Waals surface area contributed by atoms with Crippen molar-refractivity contribution in [2.45, 2.75) is 58.4 Å². The lowest BCUT2D eigenvalue weighted by Crippen LogP contribution is -2.19. The molecule has 0 amide bonds. The zero-order valence-corrected chi connectivity index (χ0v) is 14.8. The molecule has 0 saturated heterocycles. The van der Waals surface area contributed by atoms with Gasteiger partial charge in [-0.3, -0.25) is 0 Å². The lowest BCUT2D eigenvalue weighted by molar-refractivity contribution is -0.145. The Morgan fingerprint density at radius 1 is 1.25 bits per heavy atom. The molecule has 134 valence electrons. The minimum Gasteiger partial charge on any atom is -0.482 e. The van der Waals surface area contributed by atoms with Gasteiger partial charge in [0.05, 0.1) is 18.0 Å². The number of hydrogen-bond acceptors (Lipinski definition) is 5. The third-order valence-corrected chi connectivity index (χ3v) is 4.71. The molecule has 5 nitrogen and oxygen atoms in total. The normalized spacial score (nSPS) is 20.9. The van der Waals surface area contributed by atoms with Gasteiger partial charge in [0.25, 0.3) is 0 Å². The topological polar surface area (TPSA) is 73.6 Å². The second-order valence-electron chi connectivity index (χ2n) is 6.47. The molecule has 0 aromatic heterocycles. The molecule has 2 unspecified atom stereocenters. The molecular weight excluding hydrogens is 304 g/mol. The van der Waals surface area contributed by atoms with Crippen LogP contribution in [0.15, 0.2) is 18.2 Å². The molecule has 1 aromatic carbocycles. The van der Waals surface area contributed by atoms with Gasteiger partial charge in [0.15, 0.2) is 6.61 Å². The van der Waals surface area contributed by atoms with E-state index in [1.165, 1.54) is 38.5 Å². The third kappa shape index (κ3) is 5.62. The fourth-order valence-electron chi connectivity index (χ4n) is 3.25. The molecule has 1 saturated carbocycles. The van der Waals surface area contributed by atoms with Crippen LogP contribution in [-0.4, -0.2) is 25.2 Å². The summed E-state index contributed by atoms with van der Waals surface area (Å²) in [6.45, 7) is 4.33. The highest BCUT2D eigenvalue weighted by molar-refractivity contribution is 5.72. The molecule has 24 heavy (non-hydrogen) atoms. The van der Waals surface area contributed by atoms with Gasteiger partial charge < -0.3 is 20.5 Å². The monoisotopic (exact) mass is 334 g/mol. The number of ether oxygens (including phenoxy) is 2. The van der Waals surface area contributed by atoms with Crippen molar-refractivity contribution in [3.8, 4) is 5.75 Å². The summed E-state index contributed by atoms with van der Waals surface area (Å²) in [6, 6.07) is 5.91. The van der Waals surface area contributed by atoms with Crippen LogP contribution in [0.4, 0.5) is 11.4 Å². The van der Waals surface area contributed by atoms with Crippen LogP contribution in [0.2, 0.25) is 0 Å². The van der Waals surface area contributed by atoms with Crippen molar-refractivity contribution in [3.05, 3.63) is 18.2 Å². The van der Waals surface area contributed by atoms with Gasteiger partial charge in [-0.15, -0.1) is 0 Å². The number of nitrogens with two attached hydrogens (primary N) is 1. The molecule has 0 heterocycles. The highest BCUT2D eigenvalue weighted by Gasteiger charge is 2.18. The second-order valence-corrected chi connectivity index (χ2v) is 6.47. The first-order valence-electron chi connectivity index (χ1n) is 9.06. The molecule has 3 N–H and O–H groups in total. The molecule has 0 radical (unpaired) electrons. The highest BCUT2D eigenvalue weighted by Crippen LogP contribution is 2.30. The lowest BCUT2D eigenvalue weighted by Gasteiger charge is -2.20. The van der Waals surface area contributed by atoms with Crippen LogP contribution >= 0.6 is 0 Å². The Morgan fingerprint density at radius 3 is 2.83 bits per heavy atom. The summed E-state index contributed by atoms with van der Waals surface area (Å²) in [7, 11) is 0. The first-order chi connectivity index (χ1) is 11.6. The highest BCUT2D eigenvalue weighted by atomic mass is 16.6. The number of benzene rings is 1. The van der Waals surface area contributed by atoms with Gasteiger partial charge in [-0.05, 0) is 44.2 Å². The maximum Gasteiger partial charge on any atom is 0.344 e. The molecule has 0 aliphatic heterocycles. The second kappa shape index (κ2) is 9.40. The summed E-state index contributed by atoms with van der Waals surface area (Å²) in [6.07, 6.45) is 7.47. The van der Waals surface area contributed by atoms with Gasteiger partial charge >= 0.3 is 5.97 Å². The van der Waals surface area contributed by atoms with Crippen molar-refractivity contribution < 1.29 is 14.3 Å². The first-order valence-corrected chi connectivity index (χ1v) is 9.06. The van der Waals surface area contributed by atoms with Crippen LogP contribution in [-0.2, 0) is 9.53 Å². The first kappa shape index (κ1) is 18.4. The Balaban J connectivity index is 1.94. The Labute approximate surface area is 144 Å². The van der Waals surface area contributed by atoms with Crippen molar-refractivity contribution >= 4 is 17.3 Å². The Hall–Kier alpha value is -1.91. The van der Waals surface area contributed by atoms with Crippen molar-refractivity contribution in [2.75, 3.05) is 24.3 Å². The molecule has 1 aromatic rings. The van der Waals surface area contributed by atoms with Gasteiger partial charge in [0, 0.05) is 12.1 Å². The third-order valence-electron chi connectivity index (χ3n) is 4.71. The number of hydrogen-bond donors (Lipinski definition) is 2. The maximum atomic E-state index is 11.4. The van der Waals surface area contributed by atoms with Crippen LogP contribution in [0.1, 0.15) is 52.4 Å². The van der Waals surface area contributed by atoms with Gasteiger partial charge in [-0.1, -0.05) is 26.2 Å². The average Bonchev–Trinajstić information content (AvgIpc) is 2.81. The fraction of sp³-hybridized carbons (Fsp3) is 0.632. The predicted octanol–water partition coefficient (Wildman–Crippen LogP) is 3.98. The zero-order valence-electron chi connectivity index (χ0n) is 14.8. The Kier molecular flexibility index (Phi) is 7.22. The molecule has 0 spiro atoms. The van der Waals surface area contributed by atoms with Gasteiger partial charge in [-0.2, -0.15) is 0 Å². The van der Waals surface area contributed by atoms with E-state index in [1.807, 2.05) is 12.1 Å². The molecule has 2 rings (SSSR count). The average molecular weight is 334 g/mol. The summed E-state index contributed by atoms with van der Waals surface area (Å²) in [5, 5.41) is 3.57. The molecule has 1 fully saturated rings. The minimum atomic E-state index is -0.363. The quantitative estimate of drug-likeness (QED) is 0.448. The van der Waals surface area contributed by atoms with E-state index in [9.17, 15) is 4.79 Å². The van der Waals surface area contributed by atoms with Crippen LogP contribution in [0, 0.1) is 5.92 Å². The molecule has 0 bridgehead atoms. The van der Waals surface area contributed by atoms with Crippen LogP contribution in [0.3, 0.4) is 0 Å². The number of carbonyl (C=O) groups excluding carboxylic acids is 1. The van der Waals surface area contributed by atoms with E-state index in [4.69, 9.17) is 15.2 Å². The fourth-order valence-corrected chi connectivity index (χ4v) is 3.25. The molecule has 1 aliphatic rings. The summed E-state index contributed by atoms with van der Waals surface area (Å²) in [5.41, 5.74) is 7.68. The Bertz CT molecular complexity index is 533. The van der Waals surface area contributed by atoms with E-state index in [1.54, 1.807) is 13.0 Å². The van der Waals surface area contributed by atoms with Crippen molar-refractivity contribution in [3.63, 3.8) is 0 Å². The molecule has 2 atom stereocenters. The van der Waals surface area contributed by atoms with Crippen LogP contribution in [0.5, 0.6) is 5.75 Å². The van der Waals surface area contributed by atoms with Crippen molar-refractivity contribution in [2.24, 2.45) is 5.92 Å². The summed E-state index contributed by atoms with van der Waals surface area (Å²) >= 11 is 0. The zero-order chi connectivity index (χ0) is 17.4. The predicted molar refractivity (Wildman–Crippen MR) is 97.3 cm³/mol. The Morgan fingerprint density at radius 2 is 2.08 bits per heavy atom. The maximum absolute atomic E-state index is 11.4. The van der Waals surface area contributed by atoms with E-state index in [-0.39, 0.29) is 12.6 Å². The van der Waals surface area contributed by atoms with E-state index in [0.717, 1.165) is 11.6 Å². The lowest BCUT2D eigenvalue weighted by atomic mass is 9.98.